The van der Waals surface area contributed by atoms with Gasteiger partial charge in [-0.2, -0.15) is 13.2 Å². The van der Waals surface area contributed by atoms with Crippen molar-refractivity contribution in [3.05, 3.63) is 0 Å². The molecule has 130 valence electrons. The fourth-order valence-electron chi connectivity index (χ4n) is 2.46. The molecule has 2 N–H and O–H groups in total. The summed E-state index contributed by atoms with van der Waals surface area (Å²) in [6.45, 7) is 4.37. The number of alkyl halides is 3. The normalized spacial score (nSPS) is 23.4. The van der Waals surface area contributed by atoms with Crippen LogP contribution < -0.4 is 10.6 Å². The van der Waals surface area contributed by atoms with Gasteiger partial charge in [0.25, 0.3) is 0 Å². The molecule has 1 aliphatic carbocycles. The first-order chi connectivity index (χ1) is 10.4. The molecule has 0 saturated heterocycles. The Balaban J connectivity index is 2.24. The van der Waals surface area contributed by atoms with Crippen molar-refractivity contribution in [1.82, 2.24) is 10.6 Å². The summed E-state index contributed by atoms with van der Waals surface area (Å²) < 4.78 is 40.3. The van der Waals surface area contributed by atoms with Crippen molar-refractivity contribution in [3.63, 3.8) is 0 Å². The second-order valence-electron chi connectivity index (χ2n) is 5.88. The van der Waals surface area contributed by atoms with Crippen molar-refractivity contribution in [1.29, 1.82) is 0 Å². The third-order valence-corrected chi connectivity index (χ3v) is 3.68. The topological polar surface area (TPSA) is 45.7 Å². The molecule has 1 fully saturated rings. The number of guanidine groups is 1. The van der Waals surface area contributed by atoms with E-state index in [1.807, 2.05) is 6.92 Å². The molecule has 1 saturated carbocycles. The van der Waals surface area contributed by atoms with Crippen LogP contribution in [0.25, 0.3) is 0 Å². The summed E-state index contributed by atoms with van der Waals surface area (Å²) in [5.74, 6) is 1.54. The molecule has 0 spiro atoms. The van der Waals surface area contributed by atoms with Crippen molar-refractivity contribution in [2.45, 2.75) is 58.2 Å². The number of rotatable bonds is 7. The molecular weight excluding hydrogens is 295 g/mol. The Bertz CT molecular complexity index is 326. The van der Waals surface area contributed by atoms with Crippen LogP contribution in [0.2, 0.25) is 0 Å². The molecule has 0 aromatic rings. The number of nitrogens with zero attached hydrogens (tertiary/aromatic N) is 1. The second-order valence-corrected chi connectivity index (χ2v) is 5.88. The van der Waals surface area contributed by atoms with Crippen LogP contribution >= 0.6 is 0 Å². The number of nitrogens with one attached hydrogen (secondary N) is 2. The number of aliphatic imine (C=N–C) groups is 1. The Morgan fingerprint density at radius 3 is 2.50 bits per heavy atom. The quantitative estimate of drug-likeness (QED) is 0.430. The maximum absolute atomic E-state index is 11.9. The maximum atomic E-state index is 11.9. The van der Waals surface area contributed by atoms with Crippen LogP contribution in [0.4, 0.5) is 13.2 Å². The van der Waals surface area contributed by atoms with E-state index in [0.717, 1.165) is 31.3 Å². The van der Waals surface area contributed by atoms with Gasteiger partial charge in [-0.15, -0.1) is 0 Å². The summed E-state index contributed by atoms with van der Waals surface area (Å²) in [4.78, 5) is 4.39. The molecule has 0 aliphatic heterocycles. The lowest BCUT2D eigenvalue weighted by Crippen LogP contribution is -2.44. The predicted octanol–water partition coefficient (Wildman–Crippen LogP) is 3.09. The molecule has 7 heteroatoms. The van der Waals surface area contributed by atoms with Crippen LogP contribution in [-0.4, -0.2) is 44.5 Å². The highest BCUT2D eigenvalue weighted by Gasteiger charge is 2.27. The summed E-state index contributed by atoms with van der Waals surface area (Å²) in [5, 5.41) is 6.59. The zero-order valence-electron chi connectivity index (χ0n) is 13.5. The van der Waals surface area contributed by atoms with Crippen LogP contribution in [0.3, 0.4) is 0 Å². The van der Waals surface area contributed by atoms with Crippen molar-refractivity contribution in [2.75, 3.05) is 26.3 Å². The molecular formula is C15H28F3N3O. The number of hydrogen-bond donors (Lipinski definition) is 2. The lowest BCUT2D eigenvalue weighted by atomic mass is 9.87. The van der Waals surface area contributed by atoms with Crippen LogP contribution in [0, 0.1) is 5.92 Å². The lowest BCUT2D eigenvalue weighted by molar-refractivity contribution is -0.173. The van der Waals surface area contributed by atoms with E-state index in [0.29, 0.717) is 19.0 Å². The van der Waals surface area contributed by atoms with Gasteiger partial charge >= 0.3 is 6.18 Å². The molecule has 1 aliphatic rings. The molecule has 0 radical (unpaired) electrons. The Morgan fingerprint density at radius 1 is 1.23 bits per heavy atom. The van der Waals surface area contributed by atoms with E-state index in [1.165, 1.54) is 12.8 Å². The summed E-state index contributed by atoms with van der Waals surface area (Å²) in [5.41, 5.74) is 0. The van der Waals surface area contributed by atoms with Crippen LogP contribution in [-0.2, 0) is 4.74 Å². The van der Waals surface area contributed by atoms with Gasteiger partial charge in [0.15, 0.2) is 5.96 Å². The molecule has 0 atom stereocenters. The van der Waals surface area contributed by atoms with Gasteiger partial charge in [0, 0.05) is 25.7 Å². The van der Waals surface area contributed by atoms with Gasteiger partial charge in [0.1, 0.15) is 6.61 Å². The first-order valence-electron chi connectivity index (χ1n) is 8.10. The minimum atomic E-state index is -4.25. The zero-order valence-corrected chi connectivity index (χ0v) is 13.5. The summed E-state index contributed by atoms with van der Waals surface area (Å²) in [7, 11) is 0. The van der Waals surface area contributed by atoms with Crippen LogP contribution in [0.15, 0.2) is 4.99 Å². The number of ether oxygens (including phenoxy) is 1. The maximum Gasteiger partial charge on any atom is 0.411 e. The van der Waals surface area contributed by atoms with E-state index in [2.05, 4.69) is 27.3 Å². The molecule has 0 unspecified atom stereocenters. The second kappa shape index (κ2) is 9.92. The molecule has 0 amide bonds. The van der Waals surface area contributed by atoms with Crippen molar-refractivity contribution >= 4 is 5.96 Å². The first kappa shape index (κ1) is 19.1. The van der Waals surface area contributed by atoms with Crippen molar-refractivity contribution in [3.8, 4) is 0 Å². The highest BCUT2D eigenvalue weighted by molar-refractivity contribution is 5.80. The average molecular weight is 323 g/mol. The monoisotopic (exact) mass is 323 g/mol. The molecule has 4 nitrogen and oxygen atoms in total. The van der Waals surface area contributed by atoms with Gasteiger partial charge in [-0.25, -0.2) is 0 Å². The average Bonchev–Trinajstić information content (AvgIpc) is 2.44. The van der Waals surface area contributed by atoms with Gasteiger partial charge in [-0.05, 0) is 44.9 Å². The standard InChI is InChI=1S/C15H28F3N3O/c1-3-19-14(21-13-7-5-12(2)6-8-13)20-9-4-10-22-11-15(16,17)18/h12-13H,3-11H2,1-2H3,(H2,19,20,21). The van der Waals surface area contributed by atoms with E-state index in [4.69, 9.17) is 0 Å². The molecule has 22 heavy (non-hydrogen) atoms. The molecule has 0 aromatic carbocycles. The smallest absolute Gasteiger partial charge is 0.372 e. The fourth-order valence-corrected chi connectivity index (χ4v) is 2.46. The summed E-state index contributed by atoms with van der Waals surface area (Å²) in [6.07, 6.45) is 0.956. The van der Waals surface area contributed by atoms with Gasteiger partial charge in [0.2, 0.25) is 0 Å². The van der Waals surface area contributed by atoms with Crippen LogP contribution in [0.5, 0.6) is 0 Å². The molecule has 1 rings (SSSR count). The minimum absolute atomic E-state index is 0.0728. The SMILES string of the molecule is CCNC(=NCCCOCC(F)(F)F)NC1CCC(C)CC1. The van der Waals surface area contributed by atoms with Crippen molar-refractivity contribution in [2.24, 2.45) is 10.9 Å². The van der Waals surface area contributed by atoms with E-state index in [1.54, 1.807) is 0 Å². The Kier molecular flexibility index (Phi) is 8.60. The molecule has 0 aromatic heterocycles. The lowest BCUT2D eigenvalue weighted by Gasteiger charge is -2.28. The Hall–Kier alpha value is -0.980. The van der Waals surface area contributed by atoms with E-state index in [9.17, 15) is 13.2 Å². The van der Waals surface area contributed by atoms with Crippen molar-refractivity contribution < 1.29 is 17.9 Å². The fraction of sp³-hybridized carbons (Fsp3) is 0.933. The third-order valence-electron chi connectivity index (χ3n) is 3.68. The summed E-state index contributed by atoms with van der Waals surface area (Å²) in [6, 6.07) is 0.440. The Morgan fingerprint density at radius 2 is 1.91 bits per heavy atom. The van der Waals surface area contributed by atoms with Gasteiger partial charge in [-0.3, -0.25) is 4.99 Å². The first-order valence-corrected chi connectivity index (χ1v) is 8.10. The number of halogens is 3. The zero-order chi connectivity index (χ0) is 16.4. The highest BCUT2D eigenvalue weighted by Crippen LogP contribution is 2.23. The van der Waals surface area contributed by atoms with Crippen LogP contribution in [0.1, 0.15) is 46.0 Å². The predicted molar refractivity (Wildman–Crippen MR) is 82.0 cm³/mol. The van der Waals surface area contributed by atoms with Gasteiger partial charge < -0.3 is 15.4 Å². The largest absolute Gasteiger partial charge is 0.411 e. The third kappa shape index (κ3) is 9.12. The van der Waals surface area contributed by atoms with Gasteiger partial charge in [0.05, 0.1) is 0 Å². The van der Waals surface area contributed by atoms with E-state index < -0.39 is 12.8 Å². The van der Waals surface area contributed by atoms with Gasteiger partial charge in [-0.1, -0.05) is 6.92 Å². The van der Waals surface area contributed by atoms with E-state index >= 15 is 0 Å². The van der Waals surface area contributed by atoms with E-state index in [-0.39, 0.29) is 6.61 Å². The molecule has 0 heterocycles. The molecule has 0 bridgehead atoms. The summed E-state index contributed by atoms with van der Waals surface area (Å²) >= 11 is 0. The number of hydrogen-bond acceptors (Lipinski definition) is 2. The Labute approximate surface area is 130 Å². The minimum Gasteiger partial charge on any atom is -0.372 e. The highest BCUT2D eigenvalue weighted by atomic mass is 19.4.